The number of carbonyl (C=O) groups is 2. The number of hydrogen-bond donors (Lipinski definition) is 2. The lowest BCUT2D eigenvalue weighted by atomic mass is 9.96. The molecule has 3 amide bonds. The second kappa shape index (κ2) is 8.89. The molecule has 10 nitrogen and oxygen atoms in total. The molecule has 1 unspecified atom stereocenters. The Kier molecular flexibility index (Phi) is 6.48. The summed E-state index contributed by atoms with van der Waals surface area (Å²) in [5, 5.41) is 18.3. The van der Waals surface area contributed by atoms with E-state index in [9.17, 15) is 18.0 Å². The van der Waals surface area contributed by atoms with Gasteiger partial charge in [0, 0.05) is 38.4 Å². The van der Waals surface area contributed by atoms with E-state index in [2.05, 4.69) is 4.72 Å². The summed E-state index contributed by atoms with van der Waals surface area (Å²) in [5.74, 6) is 0.133. The number of sulfonamides is 1. The van der Waals surface area contributed by atoms with Gasteiger partial charge in [0.05, 0.1) is 23.9 Å². The number of hydrogen-bond acceptors (Lipinski definition) is 5. The Balaban J connectivity index is 1.78. The average molecular weight is 436 g/mol. The summed E-state index contributed by atoms with van der Waals surface area (Å²) in [6.07, 6.45) is 1.42. The van der Waals surface area contributed by atoms with Crippen LogP contribution in [0.2, 0.25) is 0 Å². The fourth-order valence-corrected chi connectivity index (χ4v) is 4.73. The molecular formula is C19H25N5O5S. The van der Waals surface area contributed by atoms with Gasteiger partial charge in [0.1, 0.15) is 0 Å². The molecule has 2 N–H and O–H groups in total. The number of nitrogens with zero attached hydrogens (tertiary/aromatic N) is 4. The van der Waals surface area contributed by atoms with E-state index in [1.807, 2.05) is 6.07 Å². The summed E-state index contributed by atoms with van der Waals surface area (Å²) in [6, 6.07) is 7.93. The molecule has 3 rings (SSSR count). The molecule has 2 fully saturated rings. The summed E-state index contributed by atoms with van der Waals surface area (Å²) in [6.45, 7) is 1.65. The highest BCUT2D eigenvalue weighted by Gasteiger charge is 2.36. The molecule has 2 saturated heterocycles. The molecule has 162 valence electrons. The normalized spacial score (nSPS) is 20.9. The zero-order valence-corrected chi connectivity index (χ0v) is 17.5. The van der Waals surface area contributed by atoms with Gasteiger partial charge in [-0.15, -0.1) is 0 Å². The third-order valence-electron chi connectivity index (χ3n) is 5.38. The minimum absolute atomic E-state index is 0.133. The molecule has 0 aromatic heterocycles. The van der Waals surface area contributed by atoms with Gasteiger partial charge in [-0.1, -0.05) is 6.07 Å². The Bertz CT molecular complexity index is 952. The van der Waals surface area contributed by atoms with Crippen LogP contribution in [0.1, 0.15) is 18.4 Å². The van der Waals surface area contributed by atoms with Crippen LogP contribution >= 0.6 is 0 Å². The van der Waals surface area contributed by atoms with Crippen LogP contribution in [0.25, 0.3) is 0 Å². The predicted octanol–water partition coefficient (Wildman–Crippen LogP) is 1.11. The number of carbonyl (C=O) groups excluding carboxylic acids is 1. The second-order valence-electron chi connectivity index (χ2n) is 7.76. The third kappa shape index (κ3) is 5.40. The van der Waals surface area contributed by atoms with Gasteiger partial charge in [0.25, 0.3) is 0 Å². The number of benzene rings is 1. The molecule has 0 aliphatic carbocycles. The first-order valence-electron chi connectivity index (χ1n) is 9.68. The maximum absolute atomic E-state index is 13.2. The van der Waals surface area contributed by atoms with E-state index in [1.54, 1.807) is 29.2 Å². The fraction of sp³-hybridized carbons (Fsp3) is 0.526. The lowest BCUT2D eigenvalue weighted by Gasteiger charge is -2.42. The first kappa shape index (κ1) is 21.9. The lowest BCUT2D eigenvalue weighted by molar-refractivity contribution is 0.113. The smallest absolute Gasteiger partial charge is 0.407 e. The number of nitrogens with one attached hydrogen (secondary N) is 1. The Morgan fingerprint density at radius 1 is 1.30 bits per heavy atom. The van der Waals surface area contributed by atoms with Crippen LogP contribution in [-0.2, 0) is 10.0 Å². The Labute approximate surface area is 175 Å². The van der Waals surface area contributed by atoms with Crippen molar-refractivity contribution in [2.24, 2.45) is 5.92 Å². The minimum Gasteiger partial charge on any atom is -0.465 e. The van der Waals surface area contributed by atoms with Crippen molar-refractivity contribution < 1.29 is 23.1 Å². The van der Waals surface area contributed by atoms with E-state index in [0.29, 0.717) is 43.7 Å². The predicted molar refractivity (Wildman–Crippen MR) is 110 cm³/mol. The van der Waals surface area contributed by atoms with Crippen LogP contribution in [0.3, 0.4) is 0 Å². The van der Waals surface area contributed by atoms with Crippen LogP contribution in [0.4, 0.5) is 15.3 Å². The Morgan fingerprint density at radius 2 is 2.00 bits per heavy atom. The van der Waals surface area contributed by atoms with Gasteiger partial charge in [-0.25, -0.2) is 22.7 Å². The highest BCUT2D eigenvalue weighted by molar-refractivity contribution is 7.88. The van der Waals surface area contributed by atoms with Crippen LogP contribution in [0.5, 0.6) is 0 Å². The van der Waals surface area contributed by atoms with E-state index in [0.717, 1.165) is 6.26 Å². The summed E-state index contributed by atoms with van der Waals surface area (Å²) >= 11 is 0. The van der Waals surface area contributed by atoms with E-state index in [-0.39, 0.29) is 25.0 Å². The Morgan fingerprint density at radius 3 is 2.60 bits per heavy atom. The number of amides is 3. The topological polar surface area (TPSA) is 134 Å². The van der Waals surface area contributed by atoms with Crippen molar-refractivity contribution in [1.82, 2.24) is 14.5 Å². The number of piperidine rings is 1. The van der Waals surface area contributed by atoms with E-state index in [1.165, 1.54) is 9.80 Å². The highest BCUT2D eigenvalue weighted by Crippen LogP contribution is 2.25. The van der Waals surface area contributed by atoms with E-state index < -0.39 is 22.2 Å². The first-order valence-corrected chi connectivity index (χ1v) is 11.6. The van der Waals surface area contributed by atoms with Crippen molar-refractivity contribution in [1.29, 1.82) is 5.26 Å². The molecule has 2 aliphatic heterocycles. The van der Waals surface area contributed by atoms with Gasteiger partial charge < -0.3 is 14.9 Å². The van der Waals surface area contributed by atoms with Crippen molar-refractivity contribution in [3.63, 3.8) is 0 Å². The molecule has 30 heavy (non-hydrogen) atoms. The van der Waals surface area contributed by atoms with Crippen molar-refractivity contribution in [2.45, 2.75) is 18.9 Å². The van der Waals surface area contributed by atoms with Gasteiger partial charge in [0.15, 0.2) is 0 Å². The molecule has 0 radical (unpaired) electrons. The summed E-state index contributed by atoms with van der Waals surface area (Å²) in [5.41, 5.74) is 0.941. The maximum Gasteiger partial charge on any atom is 0.407 e. The molecule has 0 bridgehead atoms. The van der Waals surface area contributed by atoms with Crippen molar-refractivity contribution in [3.05, 3.63) is 29.8 Å². The summed E-state index contributed by atoms with van der Waals surface area (Å²) in [4.78, 5) is 28.7. The molecular weight excluding hydrogens is 410 g/mol. The SMILES string of the molecule is CS(=O)(=O)NC1CN(CC2CCN(C(=O)O)CC2)C(=O)N(c2cccc(C#N)c2)C1. The largest absolute Gasteiger partial charge is 0.465 e. The van der Waals surface area contributed by atoms with Crippen LogP contribution in [0.15, 0.2) is 24.3 Å². The zero-order valence-electron chi connectivity index (χ0n) is 16.7. The molecule has 2 heterocycles. The van der Waals surface area contributed by atoms with Crippen LogP contribution < -0.4 is 9.62 Å². The maximum atomic E-state index is 13.2. The van der Waals surface area contributed by atoms with Gasteiger partial charge in [-0.2, -0.15) is 5.26 Å². The van der Waals surface area contributed by atoms with Gasteiger partial charge in [0.2, 0.25) is 10.0 Å². The number of rotatable bonds is 5. The number of anilines is 1. The van der Waals surface area contributed by atoms with E-state index in [4.69, 9.17) is 10.4 Å². The van der Waals surface area contributed by atoms with Crippen molar-refractivity contribution in [3.8, 4) is 6.07 Å². The molecule has 2 aliphatic rings. The molecule has 1 aromatic rings. The number of urea groups is 1. The third-order valence-corrected chi connectivity index (χ3v) is 6.14. The summed E-state index contributed by atoms with van der Waals surface area (Å²) in [7, 11) is -3.47. The second-order valence-corrected chi connectivity index (χ2v) is 9.54. The Hall–Kier alpha value is -2.84. The van der Waals surface area contributed by atoms with Crippen molar-refractivity contribution >= 4 is 27.8 Å². The first-order chi connectivity index (χ1) is 14.2. The molecule has 1 atom stereocenters. The molecule has 1 aromatic carbocycles. The van der Waals surface area contributed by atoms with Gasteiger partial charge in [-0.05, 0) is 37.0 Å². The van der Waals surface area contributed by atoms with Gasteiger partial charge in [-0.3, -0.25) is 4.90 Å². The number of likely N-dealkylation sites (tertiary alicyclic amines) is 1. The molecule has 0 saturated carbocycles. The number of carboxylic acid groups (broad SMARTS) is 1. The molecule has 0 spiro atoms. The zero-order chi connectivity index (χ0) is 21.9. The lowest BCUT2D eigenvalue weighted by Crippen LogP contribution is -2.61. The number of nitriles is 1. The van der Waals surface area contributed by atoms with E-state index >= 15 is 0 Å². The minimum atomic E-state index is -3.47. The van der Waals surface area contributed by atoms with Gasteiger partial charge >= 0.3 is 12.1 Å². The standard InChI is InChI=1S/C19H25N5O5S/c1-30(28,29)21-16-12-23(11-14-5-7-22(8-6-14)19(26)27)18(25)24(13-16)17-4-2-3-15(9-17)10-20/h2-4,9,14,16,21H,5-8,11-13H2,1H3,(H,26,27). The molecule has 11 heteroatoms. The van der Waals surface area contributed by atoms with Crippen molar-refractivity contribution in [2.75, 3.05) is 43.9 Å². The average Bonchev–Trinajstić information content (AvgIpc) is 2.69. The highest BCUT2D eigenvalue weighted by atomic mass is 32.2. The monoisotopic (exact) mass is 435 g/mol. The quantitative estimate of drug-likeness (QED) is 0.711. The van der Waals surface area contributed by atoms with Crippen LogP contribution in [-0.4, -0.2) is 80.5 Å². The fourth-order valence-electron chi connectivity index (χ4n) is 3.98. The summed E-state index contributed by atoms with van der Waals surface area (Å²) < 4.78 is 26.1. The van der Waals surface area contributed by atoms with Crippen LogP contribution in [0, 0.1) is 17.2 Å².